The molecule has 0 bridgehead atoms. The number of rotatable bonds is 8. The summed E-state index contributed by atoms with van der Waals surface area (Å²) in [7, 11) is 1.31. The van der Waals surface area contributed by atoms with E-state index < -0.39 is 11.9 Å². The van der Waals surface area contributed by atoms with E-state index in [1.54, 1.807) is 30.6 Å². The smallest absolute Gasteiger partial charge is 0.338 e. The first-order valence-electron chi connectivity index (χ1n) is 9.11. The van der Waals surface area contributed by atoms with Crippen molar-refractivity contribution in [1.82, 2.24) is 14.9 Å². The first-order valence-corrected chi connectivity index (χ1v) is 9.11. The Morgan fingerprint density at radius 2 is 1.83 bits per heavy atom. The lowest BCUT2D eigenvalue weighted by atomic mass is 10.2. The molecule has 1 heterocycles. The van der Waals surface area contributed by atoms with Gasteiger partial charge in [-0.2, -0.15) is 0 Å². The molecule has 1 N–H and O–H groups in total. The van der Waals surface area contributed by atoms with E-state index in [1.165, 1.54) is 7.11 Å². The Balaban J connectivity index is 1.50. The van der Waals surface area contributed by atoms with E-state index >= 15 is 0 Å². The highest BCUT2D eigenvalue weighted by Gasteiger charge is 2.11. The maximum absolute atomic E-state index is 12.1. The number of amides is 1. The van der Waals surface area contributed by atoms with E-state index in [4.69, 9.17) is 4.74 Å². The van der Waals surface area contributed by atoms with Gasteiger partial charge in [0.15, 0.2) is 6.61 Å². The molecule has 0 spiro atoms. The molecule has 1 amide bonds. The van der Waals surface area contributed by atoms with Gasteiger partial charge in [0, 0.05) is 18.7 Å². The van der Waals surface area contributed by atoms with Gasteiger partial charge in [0.1, 0.15) is 6.33 Å². The highest BCUT2D eigenvalue weighted by molar-refractivity contribution is 5.91. The molecular formula is C21H21N3O5. The number of ether oxygens (including phenoxy) is 2. The fraction of sp³-hybridized carbons (Fsp3) is 0.238. The second-order valence-electron chi connectivity index (χ2n) is 6.26. The minimum atomic E-state index is -0.586. The molecular weight excluding hydrogens is 374 g/mol. The summed E-state index contributed by atoms with van der Waals surface area (Å²) in [4.78, 5) is 39.2. The molecule has 3 rings (SSSR count). The molecule has 8 nitrogen and oxygen atoms in total. The predicted octanol–water partition coefficient (Wildman–Crippen LogP) is 2.25. The molecule has 0 saturated carbocycles. The second kappa shape index (κ2) is 9.50. The molecule has 0 aliphatic rings. The molecule has 0 aliphatic carbocycles. The van der Waals surface area contributed by atoms with Crippen LogP contribution in [0, 0.1) is 0 Å². The van der Waals surface area contributed by atoms with Crippen molar-refractivity contribution in [1.29, 1.82) is 0 Å². The van der Waals surface area contributed by atoms with Crippen molar-refractivity contribution < 1.29 is 23.9 Å². The molecule has 150 valence electrons. The zero-order valence-electron chi connectivity index (χ0n) is 16.0. The number of benzene rings is 2. The van der Waals surface area contributed by atoms with E-state index in [-0.39, 0.29) is 19.0 Å². The molecule has 0 unspecified atom stereocenters. The largest absolute Gasteiger partial charge is 0.469 e. The van der Waals surface area contributed by atoms with Crippen LogP contribution >= 0.6 is 0 Å². The Morgan fingerprint density at radius 1 is 1.07 bits per heavy atom. The molecule has 8 heteroatoms. The van der Waals surface area contributed by atoms with Crippen LogP contribution in [0.25, 0.3) is 16.7 Å². The number of aromatic nitrogens is 2. The minimum absolute atomic E-state index is 0.217. The standard InChI is InChI=1S/C21H21N3O5/c1-28-20(26)7-4-12-22-19(25)13-29-21(27)15-8-10-16(11-9-15)24-14-23-17-5-2-3-6-18(17)24/h2-3,5-6,8-11,14H,4,7,12-13H2,1H3,(H,22,25). The SMILES string of the molecule is COC(=O)CCCNC(=O)COC(=O)c1ccc(-n2cnc3ccccc32)cc1. The average molecular weight is 395 g/mol. The summed E-state index contributed by atoms with van der Waals surface area (Å²) >= 11 is 0. The molecule has 0 saturated heterocycles. The van der Waals surface area contributed by atoms with Crippen LogP contribution in [-0.4, -0.2) is 47.7 Å². The minimum Gasteiger partial charge on any atom is -0.469 e. The van der Waals surface area contributed by atoms with Gasteiger partial charge in [-0.1, -0.05) is 12.1 Å². The molecule has 0 atom stereocenters. The van der Waals surface area contributed by atoms with Gasteiger partial charge in [0.2, 0.25) is 0 Å². The van der Waals surface area contributed by atoms with Crippen LogP contribution in [-0.2, 0) is 19.1 Å². The van der Waals surface area contributed by atoms with Crippen LogP contribution in [0.4, 0.5) is 0 Å². The van der Waals surface area contributed by atoms with Crippen molar-refractivity contribution in [2.75, 3.05) is 20.3 Å². The maximum atomic E-state index is 12.1. The first-order chi connectivity index (χ1) is 14.1. The molecule has 3 aromatic rings. The summed E-state index contributed by atoms with van der Waals surface area (Å²) in [6.45, 7) is -0.0794. The van der Waals surface area contributed by atoms with Crippen LogP contribution in [0.5, 0.6) is 0 Å². The highest BCUT2D eigenvalue weighted by atomic mass is 16.5. The summed E-state index contributed by atoms with van der Waals surface area (Å²) in [5, 5.41) is 2.58. The lowest BCUT2D eigenvalue weighted by Gasteiger charge is -2.08. The number of carbonyl (C=O) groups excluding carboxylic acids is 3. The normalized spacial score (nSPS) is 10.5. The van der Waals surface area contributed by atoms with Crippen LogP contribution in [0.1, 0.15) is 23.2 Å². The molecule has 29 heavy (non-hydrogen) atoms. The number of methoxy groups -OCH3 is 1. The second-order valence-corrected chi connectivity index (χ2v) is 6.26. The number of fused-ring (bicyclic) bond motifs is 1. The van der Waals surface area contributed by atoms with Gasteiger partial charge in [-0.05, 0) is 42.8 Å². The number of nitrogens with one attached hydrogen (secondary N) is 1. The summed E-state index contributed by atoms with van der Waals surface area (Å²) < 4.78 is 11.5. The van der Waals surface area contributed by atoms with Gasteiger partial charge < -0.3 is 14.8 Å². The third-order valence-electron chi connectivity index (χ3n) is 4.28. The van der Waals surface area contributed by atoms with Crippen LogP contribution in [0.3, 0.4) is 0 Å². The van der Waals surface area contributed by atoms with Gasteiger partial charge in [-0.25, -0.2) is 9.78 Å². The summed E-state index contributed by atoms with van der Waals surface area (Å²) in [5.41, 5.74) is 3.05. The first kappa shape index (κ1) is 20.1. The molecule has 2 aromatic carbocycles. The Morgan fingerprint density at radius 3 is 2.59 bits per heavy atom. The quantitative estimate of drug-likeness (QED) is 0.464. The van der Waals surface area contributed by atoms with Crippen molar-refractivity contribution >= 4 is 28.9 Å². The van der Waals surface area contributed by atoms with Crippen molar-refractivity contribution in [3.63, 3.8) is 0 Å². The van der Waals surface area contributed by atoms with E-state index in [9.17, 15) is 14.4 Å². The van der Waals surface area contributed by atoms with Gasteiger partial charge in [0.05, 0.1) is 23.7 Å². The number of hydrogen-bond donors (Lipinski definition) is 1. The van der Waals surface area contributed by atoms with Crippen LogP contribution < -0.4 is 5.32 Å². The Hall–Kier alpha value is -3.68. The number of carbonyl (C=O) groups is 3. The Labute approximate surface area is 167 Å². The van der Waals surface area contributed by atoms with Gasteiger partial charge in [-0.15, -0.1) is 0 Å². The van der Waals surface area contributed by atoms with Crippen molar-refractivity contribution in [3.8, 4) is 5.69 Å². The van der Waals surface area contributed by atoms with Crippen LogP contribution in [0.15, 0.2) is 54.9 Å². The summed E-state index contributed by atoms with van der Waals surface area (Å²) in [6.07, 6.45) is 2.40. The van der Waals surface area contributed by atoms with Crippen molar-refractivity contribution in [3.05, 3.63) is 60.4 Å². The fourth-order valence-corrected chi connectivity index (χ4v) is 2.75. The van der Waals surface area contributed by atoms with Crippen molar-refractivity contribution in [2.45, 2.75) is 12.8 Å². The number of nitrogens with zero attached hydrogens (tertiary/aromatic N) is 2. The fourth-order valence-electron chi connectivity index (χ4n) is 2.75. The third-order valence-corrected chi connectivity index (χ3v) is 4.28. The average Bonchev–Trinajstić information content (AvgIpc) is 3.19. The molecule has 1 aromatic heterocycles. The van der Waals surface area contributed by atoms with Crippen molar-refractivity contribution in [2.24, 2.45) is 0 Å². The Kier molecular flexibility index (Phi) is 6.57. The van der Waals surface area contributed by atoms with Gasteiger partial charge in [0.25, 0.3) is 5.91 Å². The number of para-hydroxylation sites is 2. The predicted molar refractivity (Wildman–Crippen MR) is 106 cm³/mol. The zero-order chi connectivity index (χ0) is 20.6. The molecule has 0 fully saturated rings. The topological polar surface area (TPSA) is 99.5 Å². The maximum Gasteiger partial charge on any atom is 0.338 e. The molecule has 0 aliphatic heterocycles. The summed E-state index contributed by atoms with van der Waals surface area (Å²) in [6, 6.07) is 14.6. The lowest BCUT2D eigenvalue weighted by molar-refractivity contribution is -0.140. The van der Waals surface area contributed by atoms with E-state index in [2.05, 4.69) is 15.0 Å². The number of esters is 2. The zero-order valence-corrected chi connectivity index (χ0v) is 16.0. The number of hydrogen-bond acceptors (Lipinski definition) is 6. The monoisotopic (exact) mass is 395 g/mol. The molecule has 0 radical (unpaired) electrons. The Bertz CT molecular complexity index is 1010. The van der Waals surface area contributed by atoms with Gasteiger partial charge in [-0.3, -0.25) is 14.2 Å². The van der Waals surface area contributed by atoms with E-state index in [0.29, 0.717) is 18.5 Å². The highest BCUT2D eigenvalue weighted by Crippen LogP contribution is 2.18. The van der Waals surface area contributed by atoms with E-state index in [1.807, 2.05) is 28.8 Å². The van der Waals surface area contributed by atoms with Crippen LogP contribution in [0.2, 0.25) is 0 Å². The lowest BCUT2D eigenvalue weighted by Crippen LogP contribution is -2.29. The number of imidazole rings is 1. The van der Waals surface area contributed by atoms with Gasteiger partial charge >= 0.3 is 11.9 Å². The van der Waals surface area contributed by atoms with E-state index in [0.717, 1.165) is 16.7 Å². The third kappa shape index (κ3) is 5.19. The summed E-state index contributed by atoms with van der Waals surface area (Å²) in [5.74, 6) is -1.35.